The van der Waals surface area contributed by atoms with Gasteiger partial charge in [0.1, 0.15) is 5.75 Å². The van der Waals surface area contributed by atoms with Crippen molar-refractivity contribution in [3.8, 4) is 5.75 Å². The Balaban J connectivity index is 1.68. The molecule has 0 atom stereocenters. The van der Waals surface area contributed by atoms with E-state index in [2.05, 4.69) is 22.2 Å². The van der Waals surface area contributed by atoms with Crippen molar-refractivity contribution in [3.63, 3.8) is 0 Å². The highest BCUT2D eigenvalue weighted by atomic mass is 35.5. The van der Waals surface area contributed by atoms with Crippen LogP contribution in [0.15, 0.2) is 23.2 Å². The van der Waals surface area contributed by atoms with Gasteiger partial charge in [0.2, 0.25) is 0 Å². The molecule has 0 bridgehead atoms. The second-order valence-corrected chi connectivity index (χ2v) is 8.16. The van der Waals surface area contributed by atoms with E-state index in [-0.39, 0.29) is 5.54 Å². The van der Waals surface area contributed by atoms with Gasteiger partial charge in [-0.05, 0) is 77.1 Å². The zero-order chi connectivity index (χ0) is 19.3. The van der Waals surface area contributed by atoms with Gasteiger partial charge < -0.3 is 20.7 Å². The molecule has 27 heavy (non-hydrogen) atoms. The van der Waals surface area contributed by atoms with Gasteiger partial charge in [-0.2, -0.15) is 0 Å². The van der Waals surface area contributed by atoms with Crippen molar-refractivity contribution in [1.82, 2.24) is 9.80 Å². The van der Waals surface area contributed by atoms with Gasteiger partial charge in [0, 0.05) is 11.2 Å². The Morgan fingerprint density at radius 3 is 2.56 bits per heavy atom. The number of nitrogens with two attached hydrogens (primary N) is 1. The average Bonchev–Trinajstić information content (AvgIpc) is 2.69. The molecule has 3 N–H and O–H groups in total. The molecule has 2 saturated heterocycles. The Kier molecular flexibility index (Phi) is 6.84. The van der Waals surface area contributed by atoms with Crippen molar-refractivity contribution in [2.24, 2.45) is 10.7 Å². The van der Waals surface area contributed by atoms with Gasteiger partial charge in [-0.15, -0.1) is 0 Å². The molecule has 0 aliphatic carbocycles. The second kappa shape index (κ2) is 9.13. The van der Waals surface area contributed by atoms with Gasteiger partial charge in [0.15, 0.2) is 5.96 Å². The standard InChI is InChI=1S/C20H32ClN5O/c1-25-12-8-20(9-13-25,26-10-4-3-5-11-26)15-23-19(22)24-16-6-7-18(27-2)17(21)14-16/h6-7,14H,3-5,8-13,15H2,1-2H3,(H3,22,23,24). The van der Waals surface area contributed by atoms with Crippen LogP contribution in [0.3, 0.4) is 0 Å². The zero-order valence-electron chi connectivity index (χ0n) is 16.5. The van der Waals surface area contributed by atoms with Crippen LogP contribution < -0.4 is 15.8 Å². The molecule has 3 rings (SSSR count). The van der Waals surface area contributed by atoms with E-state index in [4.69, 9.17) is 27.1 Å². The molecule has 0 aromatic heterocycles. The van der Waals surface area contributed by atoms with Crippen molar-refractivity contribution < 1.29 is 4.74 Å². The molecule has 0 unspecified atom stereocenters. The number of likely N-dealkylation sites (tertiary alicyclic amines) is 2. The number of halogens is 1. The fourth-order valence-electron chi connectivity index (χ4n) is 4.14. The lowest BCUT2D eigenvalue weighted by Gasteiger charge is -2.49. The fourth-order valence-corrected chi connectivity index (χ4v) is 4.40. The average molecular weight is 394 g/mol. The number of guanidine groups is 1. The molecule has 2 aliphatic heterocycles. The number of ether oxygens (including phenoxy) is 1. The number of piperidine rings is 2. The van der Waals surface area contributed by atoms with Gasteiger partial charge >= 0.3 is 0 Å². The monoisotopic (exact) mass is 393 g/mol. The number of hydrogen-bond acceptors (Lipinski definition) is 4. The van der Waals surface area contributed by atoms with Gasteiger partial charge in [0.05, 0.1) is 18.7 Å². The summed E-state index contributed by atoms with van der Waals surface area (Å²) >= 11 is 6.19. The first-order valence-electron chi connectivity index (χ1n) is 9.86. The topological polar surface area (TPSA) is 66.1 Å². The third-order valence-electron chi connectivity index (χ3n) is 5.91. The van der Waals surface area contributed by atoms with E-state index in [9.17, 15) is 0 Å². The summed E-state index contributed by atoms with van der Waals surface area (Å²) in [5.41, 5.74) is 7.15. The van der Waals surface area contributed by atoms with E-state index in [0.29, 0.717) is 16.7 Å². The number of anilines is 1. The predicted octanol–water partition coefficient (Wildman–Crippen LogP) is 3.03. The minimum atomic E-state index is 0.136. The van der Waals surface area contributed by atoms with Crippen molar-refractivity contribution in [2.75, 3.05) is 52.2 Å². The third kappa shape index (κ3) is 5.06. The Morgan fingerprint density at radius 2 is 1.93 bits per heavy atom. The van der Waals surface area contributed by atoms with Crippen molar-refractivity contribution in [1.29, 1.82) is 0 Å². The fraction of sp³-hybridized carbons (Fsp3) is 0.650. The Labute approximate surface area is 167 Å². The molecule has 0 spiro atoms. The smallest absolute Gasteiger partial charge is 0.193 e. The molecule has 7 heteroatoms. The van der Waals surface area contributed by atoms with Crippen molar-refractivity contribution in [2.45, 2.75) is 37.6 Å². The zero-order valence-corrected chi connectivity index (χ0v) is 17.3. The Morgan fingerprint density at radius 1 is 1.22 bits per heavy atom. The molecular weight excluding hydrogens is 362 g/mol. The van der Waals surface area contributed by atoms with Crippen molar-refractivity contribution >= 4 is 23.2 Å². The van der Waals surface area contributed by atoms with E-state index in [0.717, 1.165) is 38.2 Å². The van der Waals surface area contributed by atoms with Crippen LogP contribution >= 0.6 is 11.6 Å². The molecule has 0 radical (unpaired) electrons. The number of methoxy groups -OCH3 is 1. The van der Waals surface area contributed by atoms with E-state index < -0.39 is 0 Å². The summed E-state index contributed by atoms with van der Waals surface area (Å²) in [4.78, 5) is 9.82. The molecule has 1 aromatic carbocycles. The first-order valence-corrected chi connectivity index (χ1v) is 10.2. The van der Waals surface area contributed by atoms with E-state index >= 15 is 0 Å². The lowest BCUT2D eigenvalue weighted by atomic mass is 9.84. The molecule has 6 nitrogen and oxygen atoms in total. The van der Waals surface area contributed by atoms with E-state index in [1.807, 2.05) is 12.1 Å². The molecule has 2 heterocycles. The first-order chi connectivity index (χ1) is 13.0. The van der Waals surface area contributed by atoms with Gasteiger partial charge in [-0.1, -0.05) is 18.0 Å². The summed E-state index contributed by atoms with van der Waals surface area (Å²) in [7, 11) is 3.80. The van der Waals surface area contributed by atoms with Gasteiger partial charge in [0.25, 0.3) is 0 Å². The molecule has 2 fully saturated rings. The SMILES string of the molecule is COc1ccc(NC(N)=NCC2(N3CCCCC3)CCN(C)CC2)cc1Cl. The summed E-state index contributed by atoms with van der Waals surface area (Å²) in [6, 6.07) is 5.52. The summed E-state index contributed by atoms with van der Waals surface area (Å²) < 4.78 is 5.19. The summed E-state index contributed by atoms with van der Waals surface area (Å²) in [6.07, 6.45) is 6.22. The number of hydrogen-bond donors (Lipinski definition) is 2. The maximum absolute atomic E-state index is 6.19. The third-order valence-corrected chi connectivity index (χ3v) is 6.21. The Hall–Kier alpha value is -1.50. The second-order valence-electron chi connectivity index (χ2n) is 7.75. The minimum Gasteiger partial charge on any atom is -0.495 e. The maximum atomic E-state index is 6.19. The number of benzene rings is 1. The molecular formula is C20H32ClN5O. The van der Waals surface area contributed by atoms with Crippen LogP contribution in [0, 0.1) is 0 Å². The summed E-state index contributed by atoms with van der Waals surface area (Å²) in [5, 5.41) is 3.71. The van der Waals surface area contributed by atoms with Crippen molar-refractivity contribution in [3.05, 3.63) is 23.2 Å². The predicted molar refractivity (Wildman–Crippen MR) is 113 cm³/mol. The number of rotatable bonds is 5. The molecule has 150 valence electrons. The highest BCUT2D eigenvalue weighted by Crippen LogP contribution is 2.32. The van der Waals surface area contributed by atoms with E-state index in [1.54, 1.807) is 13.2 Å². The molecule has 2 aliphatic rings. The lowest BCUT2D eigenvalue weighted by molar-refractivity contribution is 0.0209. The van der Waals surface area contributed by atoms with Gasteiger partial charge in [-0.25, -0.2) is 0 Å². The minimum absolute atomic E-state index is 0.136. The van der Waals surface area contributed by atoms with Crippen LogP contribution in [0.25, 0.3) is 0 Å². The van der Waals surface area contributed by atoms with E-state index in [1.165, 1.54) is 32.4 Å². The first kappa shape index (κ1) is 20.2. The molecule has 0 saturated carbocycles. The van der Waals surface area contributed by atoms with Crippen LogP contribution in [0.1, 0.15) is 32.1 Å². The van der Waals surface area contributed by atoms with Crippen LogP contribution in [0.4, 0.5) is 5.69 Å². The van der Waals surface area contributed by atoms with Gasteiger partial charge in [-0.3, -0.25) is 9.89 Å². The number of aliphatic imine (C=N–C) groups is 1. The highest BCUT2D eigenvalue weighted by molar-refractivity contribution is 6.32. The quantitative estimate of drug-likeness (QED) is 0.594. The number of nitrogens with one attached hydrogen (secondary N) is 1. The van der Waals surface area contributed by atoms with Crippen LogP contribution in [0.2, 0.25) is 5.02 Å². The largest absolute Gasteiger partial charge is 0.495 e. The normalized spacial score (nSPS) is 21.8. The summed E-state index contributed by atoms with van der Waals surface area (Å²) in [5.74, 6) is 1.08. The number of nitrogens with zero attached hydrogens (tertiary/aromatic N) is 3. The molecule has 0 amide bonds. The summed E-state index contributed by atoms with van der Waals surface area (Å²) in [6.45, 7) is 5.34. The maximum Gasteiger partial charge on any atom is 0.193 e. The highest BCUT2D eigenvalue weighted by Gasteiger charge is 2.39. The van der Waals surface area contributed by atoms with Crippen LogP contribution in [0.5, 0.6) is 5.75 Å². The molecule has 1 aromatic rings. The van der Waals surface area contributed by atoms with Crippen LogP contribution in [-0.4, -0.2) is 68.2 Å². The van der Waals surface area contributed by atoms with Crippen LogP contribution in [-0.2, 0) is 0 Å². The Bertz CT molecular complexity index is 652. The lowest BCUT2D eigenvalue weighted by Crippen LogP contribution is -2.58.